The molecular weight excluding hydrogens is 318 g/mol. The maximum Gasteiger partial charge on any atom is 0.223 e. The summed E-state index contributed by atoms with van der Waals surface area (Å²) >= 11 is 0. The van der Waals surface area contributed by atoms with Crippen molar-refractivity contribution in [3.8, 4) is 17.2 Å². The molecule has 25 heavy (non-hydrogen) atoms. The maximum atomic E-state index is 12.3. The maximum absolute atomic E-state index is 12.3. The first-order valence-corrected chi connectivity index (χ1v) is 8.63. The third-order valence-corrected chi connectivity index (χ3v) is 4.03. The monoisotopic (exact) mass is 341 g/mol. The molecule has 1 amide bonds. The first-order valence-electron chi connectivity index (χ1n) is 8.63. The molecule has 132 valence electrons. The molecule has 1 atom stereocenters. The van der Waals surface area contributed by atoms with Crippen LogP contribution < -0.4 is 19.5 Å². The van der Waals surface area contributed by atoms with Crippen molar-refractivity contribution in [2.75, 3.05) is 19.8 Å². The SMILES string of the molecule is CCOc1ccccc1OCCC(=O)NC1CCOc2ccccc21. The van der Waals surface area contributed by atoms with E-state index >= 15 is 0 Å². The highest BCUT2D eigenvalue weighted by molar-refractivity contribution is 5.76. The summed E-state index contributed by atoms with van der Waals surface area (Å²) in [7, 11) is 0. The van der Waals surface area contributed by atoms with Crippen LogP contribution in [0.15, 0.2) is 48.5 Å². The number of nitrogens with one attached hydrogen (secondary N) is 1. The molecule has 0 bridgehead atoms. The number of para-hydroxylation sites is 3. The molecule has 0 radical (unpaired) electrons. The van der Waals surface area contributed by atoms with Gasteiger partial charge in [0.25, 0.3) is 0 Å². The Bertz CT molecular complexity index is 716. The lowest BCUT2D eigenvalue weighted by Gasteiger charge is -2.26. The second-order valence-electron chi connectivity index (χ2n) is 5.77. The van der Waals surface area contributed by atoms with E-state index in [0.717, 1.165) is 17.7 Å². The van der Waals surface area contributed by atoms with Gasteiger partial charge in [0, 0.05) is 12.0 Å². The average Bonchev–Trinajstić information content (AvgIpc) is 2.64. The zero-order valence-electron chi connectivity index (χ0n) is 14.4. The number of carbonyl (C=O) groups is 1. The smallest absolute Gasteiger partial charge is 0.223 e. The highest BCUT2D eigenvalue weighted by Gasteiger charge is 2.22. The van der Waals surface area contributed by atoms with Crippen molar-refractivity contribution in [2.24, 2.45) is 0 Å². The molecule has 1 unspecified atom stereocenters. The summed E-state index contributed by atoms with van der Waals surface area (Å²) in [5, 5.41) is 3.07. The Morgan fingerprint density at radius 3 is 2.64 bits per heavy atom. The summed E-state index contributed by atoms with van der Waals surface area (Å²) in [6, 6.07) is 15.3. The first-order chi connectivity index (χ1) is 12.3. The summed E-state index contributed by atoms with van der Waals surface area (Å²) in [5.74, 6) is 2.17. The van der Waals surface area contributed by atoms with Crippen molar-refractivity contribution in [1.29, 1.82) is 0 Å². The molecule has 0 aromatic heterocycles. The quantitative estimate of drug-likeness (QED) is 0.837. The fraction of sp³-hybridized carbons (Fsp3) is 0.350. The molecule has 2 aromatic rings. The highest BCUT2D eigenvalue weighted by Crippen LogP contribution is 2.31. The normalized spacial score (nSPS) is 15.6. The summed E-state index contributed by atoms with van der Waals surface area (Å²) in [6.07, 6.45) is 1.07. The van der Waals surface area contributed by atoms with E-state index in [2.05, 4.69) is 5.32 Å². The van der Waals surface area contributed by atoms with Crippen LogP contribution in [0.1, 0.15) is 31.4 Å². The van der Waals surface area contributed by atoms with Gasteiger partial charge in [0.15, 0.2) is 11.5 Å². The van der Waals surface area contributed by atoms with Gasteiger partial charge >= 0.3 is 0 Å². The van der Waals surface area contributed by atoms with E-state index in [0.29, 0.717) is 37.7 Å². The van der Waals surface area contributed by atoms with Gasteiger partial charge in [0.05, 0.1) is 32.3 Å². The molecule has 0 aliphatic carbocycles. The van der Waals surface area contributed by atoms with Gasteiger partial charge in [-0.15, -0.1) is 0 Å². The number of ether oxygens (including phenoxy) is 3. The fourth-order valence-corrected chi connectivity index (χ4v) is 2.86. The Balaban J connectivity index is 1.51. The number of hydrogen-bond acceptors (Lipinski definition) is 4. The largest absolute Gasteiger partial charge is 0.493 e. The Morgan fingerprint density at radius 1 is 1.12 bits per heavy atom. The van der Waals surface area contributed by atoms with Crippen molar-refractivity contribution in [1.82, 2.24) is 5.32 Å². The number of fused-ring (bicyclic) bond motifs is 1. The van der Waals surface area contributed by atoms with Crippen molar-refractivity contribution >= 4 is 5.91 Å². The van der Waals surface area contributed by atoms with Gasteiger partial charge < -0.3 is 19.5 Å². The molecule has 1 aliphatic rings. The Labute approximate surface area is 147 Å². The molecule has 5 nitrogen and oxygen atoms in total. The molecule has 0 spiro atoms. The minimum atomic E-state index is -0.0319. The van der Waals surface area contributed by atoms with Crippen LogP contribution in [0.3, 0.4) is 0 Å². The van der Waals surface area contributed by atoms with Gasteiger partial charge in [-0.2, -0.15) is 0 Å². The minimum Gasteiger partial charge on any atom is -0.493 e. The second kappa shape index (κ2) is 8.42. The molecule has 0 saturated heterocycles. The van der Waals surface area contributed by atoms with Crippen LogP contribution in [-0.4, -0.2) is 25.7 Å². The third-order valence-electron chi connectivity index (χ3n) is 4.03. The molecule has 0 fully saturated rings. The number of benzene rings is 2. The number of carbonyl (C=O) groups excluding carboxylic acids is 1. The Morgan fingerprint density at radius 2 is 1.84 bits per heavy atom. The Hall–Kier alpha value is -2.69. The third kappa shape index (κ3) is 4.44. The lowest BCUT2D eigenvalue weighted by Crippen LogP contribution is -2.32. The lowest BCUT2D eigenvalue weighted by atomic mass is 10.0. The van der Waals surface area contributed by atoms with E-state index in [-0.39, 0.29) is 11.9 Å². The molecule has 1 heterocycles. The van der Waals surface area contributed by atoms with Crippen LogP contribution in [0.5, 0.6) is 17.2 Å². The summed E-state index contributed by atoms with van der Waals surface area (Å²) in [5.41, 5.74) is 1.03. The molecular formula is C20H23NO4. The van der Waals surface area contributed by atoms with Gasteiger partial charge in [0.1, 0.15) is 5.75 Å². The number of hydrogen-bond donors (Lipinski definition) is 1. The molecule has 1 N–H and O–H groups in total. The Kier molecular flexibility index (Phi) is 5.77. The zero-order chi connectivity index (χ0) is 17.5. The van der Waals surface area contributed by atoms with Crippen LogP contribution in [0.4, 0.5) is 0 Å². The van der Waals surface area contributed by atoms with Gasteiger partial charge in [-0.3, -0.25) is 4.79 Å². The topological polar surface area (TPSA) is 56.8 Å². The van der Waals surface area contributed by atoms with Gasteiger partial charge in [-0.1, -0.05) is 30.3 Å². The van der Waals surface area contributed by atoms with Crippen molar-refractivity contribution in [3.63, 3.8) is 0 Å². The zero-order valence-corrected chi connectivity index (χ0v) is 14.4. The van der Waals surface area contributed by atoms with E-state index in [1.807, 2.05) is 55.5 Å². The van der Waals surface area contributed by atoms with Crippen LogP contribution in [-0.2, 0) is 4.79 Å². The van der Waals surface area contributed by atoms with Gasteiger partial charge in [-0.05, 0) is 25.1 Å². The van der Waals surface area contributed by atoms with Gasteiger partial charge in [0.2, 0.25) is 5.91 Å². The van der Waals surface area contributed by atoms with E-state index in [1.165, 1.54) is 0 Å². The molecule has 0 saturated carbocycles. The van der Waals surface area contributed by atoms with Crippen LogP contribution in [0.25, 0.3) is 0 Å². The molecule has 3 rings (SSSR count). The number of amides is 1. The second-order valence-corrected chi connectivity index (χ2v) is 5.77. The van der Waals surface area contributed by atoms with E-state index < -0.39 is 0 Å². The summed E-state index contributed by atoms with van der Waals surface area (Å²) in [4.78, 5) is 12.3. The van der Waals surface area contributed by atoms with E-state index in [1.54, 1.807) is 0 Å². The lowest BCUT2D eigenvalue weighted by molar-refractivity contribution is -0.122. The highest BCUT2D eigenvalue weighted by atomic mass is 16.5. The standard InChI is InChI=1S/C20H23NO4/c1-2-23-18-9-5-6-10-19(18)25-14-12-20(22)21-16-11-13-24-17-8-4-3-7-15(16)17/h3-10,16H,2,11-14H2,1H3,(H,21,22). The summed E-state index contributed by atoms with van der Waals surface area (Å²) in [6.45, 7) is 3.42. The fourth-order valence-electron chi connectivity index (χ4n) is 2.86. The summed E-state index contributed by atoms with van der Waals surface area (Å²) < 4.78 is 16.8. The molecule has 1 aliphatic heterocycles. The van der Waals surface area contributed by atoms with E-state index in [9.17, 15) is 4.79 Å². The van der Waals surface area contributed by atoms with Crippen molar-refractivity contribution in [3.05, 3.63) is 54.1 Å². The molecule has 2 aromatic carbocycles. The average molecular weight is 341 g/mol. The predicted molar refractivity (Wildman–Crippen MR) is 95.2 cm³/mol. The first kappa shape index (κ1) is 17.1. The molecule has 5 heteroatoms. The van der Waals surface area contributed by atoms with Crippen LogP contribution in [0, 0.1) is 0 Å². The van der Waals surface area contributed by atoms with Crippen LogP contribution >= 0.6 is 0 Å². The number of rotatable bonds is 7. The van der Waals surface area contributed by atoms with Crippen molar-refractivity contribution in [2.45, 2.75) is 25.8 Å². The van der Waals surface area contributed by atoms with Gasteiger partial charge in [-0.25, -0.2) is 0 Å². The predicted octanol–water partition coefficient (Wildman–Crippen LogP) is 3.49. The minimum absolute atomic E-state index is 0.00633. The van der Waals surface area contributed by atoms with Crippen LogP contribution in [0.2, 0.25) is 0 Å². The van der Waals surface area contributed by atoms with Crippen molar-refractivity contribution < 1.29 is 19.0 Å². The van der Waals surface area contributed by atoms with E-state index in [4.69, 9.17) is 14.2 Å².